The maximum Gasteiger partial charge on any atom is 0.248 e. The molecule has 0 spiro atoms. The largest absolute Gasteiger partial charge is 0.504 e. The Kier molecular flexibility index (Phi) is 6.42. The van der Waals surface area contributed by atoms with Crippen LogP contribution in [0.3, 0.4) is 0 Å². The molecular formula is C30H28FN5O2. The highest BCUT2D eigenvalue weighted by Gasteiger charge is 2.20. The van der Waals surface area contributed by atoms with E-state index in [9.17, 15) is 9.90 Å². The molecule has 0 aliphatic rings. The van der Waals surface area contributed by atoms with Gasteiger partial charge in [0.25, 0.3) is 0 Å². The molecule has 0 radical (unpaired) electrons. The number of carbonyl (C=O) groups is 1. The maximum atomic E-state index is 15.6. The number of aromatic hydroxyl groups is 1. The highest BCUT2D eigenvalue weighted by atomic mass is 19.1. The first kappa shape index (κ1) is 25.1. The van der Waals surface area contributed by atoms with E-state index in [4.69, 9.17) is 5.73 Å². The number of primary amides is 1. The molecule has 0 atom stereocenters. The van der Waals surface area contributed by atoms with E-state index in [-0.39, 0.29) is 22.5 Å². The van der Waals surface area contributed by atoms with Crippen molar-refractivity contribution in [3.63, 3.8) is 0 Å². The van der Waals surface area contributed by atoms with Crippen LogP contribution < -0.4 is 11.1 Å². The van der Waals surface area contributed by atoms with Crippen LogP contribution in [-0.4, -0.2) is 31.1 Å². The Morgan fingerprint density at radius 3 is 2.55 bits per heavy atom. The molecule has 5 aromatic rings. The van der Waals surface area contributed by atoms with Crippen LogP contribution in [0.15, 0.2) is 79.3 Å². The molecule has 192 valence electrons. The SMILES string of the molecule is CC(C)(C)NCc1ccccc1-c1ccc(-c2ncc3ncn(-c4cccc(C(N)=O)c4)c3c2O)c(F)c1. The Bertz CT molecular complexity index is 1670. The van der Waals surface area contributed by atoms with Gasteiger partial charge in [-0.05, 0) is 67.8 Å². The van der Waals surface area contributed by atoms with Crippen molar-refractivity contribution in [2.24, 2.45) is 5.73 Å². The molecule has 3 aromatic carbocycles. The summed E-state index contributed by atoms with van der Waals surface area (Å²) in [6.07, 6.45) is 3.00. The van der Waals surface area contributed by atoms with E-state index in [0.717, 1.165) is 16.7 Å². The van der Waals surface area contributed by atoms with Gasteiger partial charge >= 0.3 is 0 Å². The minimum absolute atomic E-state index is 0.0578. The summed E-state index contributed by atoms with van der Waals surface area (Å²) in [5, 5.41) is 14.7. The van der Waals surface area contributed by atoms with Crippen molar-refractivity contribution in [3.05, 3.63) is 96.2 Å². The molecule has 1 amide bonds. The molecule has 0 aliphatic heterocycles. The molecule has 8 heteroatoms. The fraction of sp³-hybridized carbons (Fsp3) is 0.167. The van der Waals surface area contributed by atoms with Crippen LogP contribution >= 0.6 is 0 Å². The van der Waals surface area contributed by atoms with Crippen LogP contribution in [0, 0.1) is 5.82 Å². The number of aromatic nitrogens is 3. The van der Waals surface area contributed by atoms with Gasteiger partial charge in [0, 0.05) is 28.9 Å². The van der Waals surface area contributed by atoms with Crippen molar-refractivity contribution in [2.45, 2.75) is 32.9 Å². The standard InChI is InChI=1S/C30H28FN5O2/c1-30(2,3)35-15-20-7-4-5-10-22(20)18-11-12-23(24(31)14-18)26-28(37)27-25(16-33-26)34-17-36(27)21-9-6-8-19(13-21)29(32)38/h4-14,16-17,35,37H,15H2,1-3H3,(H2,32,38). The number of halogens is 1. The molecule has 2 heterocycles. The van der Waals surface area contributed by atoms with Crippen molar-refractivity contribution < 1.29 is 14.3 Å². The van der Waals surface area contributed by atoms with Crippen LogP contribution in [0.1, 0.15) is 36.7 Å². The lowest BCUT2D eigenvalue weighted by Gasteiger charge is -2.22. The molecule has 0 unspecified atom stereocenters. The van der Waals surface area contributed by atoms with Gasteiger partial charge in [-0.25, -0.2) is 14.4 Å². The summed E-state index contributed by atoms with van der Waals surface area (Å²) in [4.78, 5) is 20.3. The third kappa shape index (κ3) is 4.86. The molecule has 0 saturated heterocycles. The minimum Gasteiger partial charge on any atom is -0.504 e. The van der Waals surface area contributed by atoms with Gasteiger partial charge in [0.2, 0.25) is 5.91 Å². The zero-order chi connectivity index (χ0) is 27.0. The van der Waals surface area contributed by atoms with Gasteiger partial charge in [0.05, 0.1) is 6.20 Å². The smallest absolute Gasteiger partial charge is 0.248 e. The summed E-state index contributed by atoms with van der Waals surface area (Å²) in [5.74, 6) is -1.29. The van der Waals surface area contributed by atoms with Crippen molar-refractivity contribution in [1.29, 1.82) is 0 Å². The number of nitrogens with one attached hydrogen (secondary N) is 1. The number of benzene rings is 3. The number of imidazole rings is 1. The number of hydrogen-bond donors (Lipinski definition) is 3. The summed E-state index contributed by atoms with van der Waals surface area (Å²) in [6.45, 7) is 6.94. The second-order valence-electron chi connectivity index (χ2n) is 10.2. The molecule has 7 nitrogen and oxygen atoms in total. The lowest BCUT2D eigenvalue weighted by atomic mass is 9.96. The number of nitrogens with two attached hydrogens (primary N) is 1. The summed E-state index contributed by atoms with van der Waals surface area (Å²) in [6, 6.07) is 19.5. The second-order valence-corrected chi connectivity index (χ2v) is 10.2. The summed E-state index contributed by atoms with van der Waals surface area (Å²) in [5.41, 5.74) is 10.00. The molecule has 0 bridgehead atoms. The first-order chi connectivity index (χ1) is 18.1. The summed E-state index contributed by atoms with van der Waals surface area (Å²) < 4.78 is 17.2. The van der Waals surface area contributed by atoms with Gasteiger partial charge < -0.3 is 16.2 Å². The zero-order valence-corrected chi connectivity index (χ0v) is 21.4. The van der Waals surface area contributed by atoms with E-state index in [1.54, 1.807) is 34.9 Å². The summed E-state index contributed by atoms with van der Waals surface area (Å²) >= 11 is 0. The van der Waals surface area contributed by atoms with E-state index < -0.39 is 11.7 Å². The van der Waals surface area contributed by atoms with Crippen molar-refractivity contribution in [2.75, 3.05) is 0 Å². The van der Waals surface area contributed by atoms with Crippen LogP contribution in [0.2, 0.25) is 0 Å². The average molecular weight is 510 g/mol. The Morgan fingerprint density at radius 1 is 1.03 bits per heavy atom. The molecule has 38 heavy (non-hydrogen) atoms. The molecule has 4 N–H and O–H groups in total. The Hall–Kier alpha value is -4.56. The molecule has 0 aliphatic carbocycles. The highest BCUT2D eigenvalue weighted by Crippen LogP contribution is 2.37. The van der Waals surface area contributed by atoms with Gasteiger partial charge in [-0.2, -0.15) is 0 Å². The van der Waals surface area contributed by atoms with Crippen molar-refractivity contribution in [3.8, 4) is 33.8 Å². The third-order valence-electron chi connectivity index (χ3n) is 6.33. The quantitative estimate of drug-likeness (QED) is 0.277. The normalized spacial score (nSPS) is 11.7. The van der Waals surface area contributed by atoms with Gasteiger partial charge in [0.1, 0.15) is 28.9 Å². The predicted molar refractivity (Wildman–Crippen MR) is 146 cm³/mol. The molecule has 2 aromatic heterocycles. The van der Waals surface area contributed by atoms with E-state index in [1.807, 2.05) is 30.3 Å². The topological polar surface area (TPSA) is 106 Å². The zero-order valence-electron chi connectivity index (χ0n) is 21.4. The summed E-state index contributed by atoms with van der Waals surface area (Å²) in [7, 11) is 0. The van der Waals surface area contributed by atoms with Crippen LogP contribution in [-0.2, 0) is 6.54 Å². The van der Waals surface area contributed by atoms with Crippen LogP contribution in [0.4, 0.5) is 4.39 Å². The molecule has 5 rings (SSSR count). The molecule has 0 fully saturated rings. The van der Waals surface area contributed by atoms with E-state index >= 15 is 4.39 Å². The molecule has 0 saturated carbocycles. The first-order valence-electron chi connectivity index (χ1n) is 12.2. The number of fused-ring (bicyclic) bond motifs is 1. The maximum absolute atomic E-state index is 15.6. The lowest BCUT2D eigenvalue weighted by Crippen LogP contribution is -2.35. The Labute approximate surface area is 219 Å². The highest BCUT2D eigenvalue weighted by molar-refractivity contribution is 5.94. The van der Waals surface area contributed by atoms with Gasteiger partial charge in [-0.1, -0.05) is 36.4 Å². The second kappa shape index (κ2) is 9.72. The lowest BCUT2D eigenvalue weighted by molar-refractivity contribution is 0.1000. The Balaban J connectivity index is 1.55. The average Bonchev–Trinajstić information content (AvgIpc) is 3.33. The number of amides is 1. The fourth-order valence-corrected chi connectivity index (χ4v) is 4.38. The van der Waals surface area contributed by atoms with Crippen LogP contribution in [0.25, 0.3) is 39.1 Å². The van der Waals surface area contributed by atoms with E-state index in [0.29, 0.717) is 28.8 Å². The van der Waals surface area contributed by atoms with Crippen LogP contribution in [0.5, 0.6) is 5.75 Å². The Morgan fingerprint density at radius 2 is 1.82 bits per heavy atom. The number of nitrogens with zero attached hydrogens (tertiary/aromatic N) is 3. The fourth-order valence-electron chi connectivity index (χ4n) is 4.38. The van der Waals surface area contributed by atoms with Gasteiger partial charge in [-0.15, -0.1) is 0 Å². The predicted octanol–water partition coefficient (Wildman–Crippen LogP) is 5.59. The van der Waals surface area contributed by atoms with Gasteiger partial charge in [0.15, 0.2) is 5.75 Å². The van der Waals surface area contributed by atoms with E-state index in [2.05, 4.69) is 36.1 Å². The number of carbonyl (C=O) groups excluding carboxylic acids is 1. The number of hydrogen-bond acceptors (Lipinski definition) is 5. The molecular weight excluding hydrogens is 481 g/mol. The monoisotopic (exact) mass is 509 g/mol. The van der Waals surface area contributed by atoms with Crippen molar-refractivity contribution in [1.82, 2.24) is 19.9 Å². The van der Waals surface area contributed by atoms with Gasteiger partial charge in [-0.3, -0.25) is 9.36 Å². The van der Waals surface area contributed by atoms with Crippen molar-refractivity contribution >= 4 is 16.9 Å². The van der Waals surface area contributed by atoms with E-state index in [1.165, 1.54) is 18.6 Å². The first-order valence-corrected chi connectivity index (χ1v) is 12.2. The minimum atomic E-state index is -0.569. The number of pyridine rings is 1. The third-order valence-corrected chi connectivity index (χ3v) is 6.33. The number of rotatable bonds is 6.